The van der Waals surface area contributed by atoms with Crippen molar-refractivity contribution < 1.29 is 14.3 Å². The van der Waals surface area contributed by atoms with E-state index in [4.69, 9.17) is 4.74 Å². The van der Waals surface area contributed by atoms with Crippen molar-refractivity contribution >= 4 is 24.3 Å². The van der Waals surface area contributed by atoms with Gasteiger partial charge in [-0.15, -0.1) is 12.4 Å². The Balaban J connectivity index is 0.00000338. The molecular weight excluding hydrogens is 356 g/mol. The second-order valence-corrected chi connectivity index (χ2v) is 5.90. The number of ether oxygens (including phenoxy) is 1. The number of methoxy groups -OCH3 is 1. The van der Waals surface area contributed by atoms with Crippen molar-refractivity contribution in [3.63, 3.8) is 0 Å². The van der Waals surface area contributed by atoms with E-state index in [0.717, 1.165) is 16.7 Å². The molecule has 2 atom stereocenters. The fourth-order valence-corrected chi connectivity index (χ4v) is 2.62. The number of benzene rings is 1. The van der Waals surface area contributed by atoms with Crippen molar-refractivity contribution in [2.45, 2.75) is 18.9 Å². The monoisotopic (exact) mass is 380 g/mol. The Bertz CT molecular complexity index is 730. The first-order valence-electron chi connectivity index (χ1n) is 8.04. The van der Waals surface area contributed by atoms with Gasteiger partial charge in [-0.1, -0.05) is 29.8 Å². The van der Waals surface area contributed by atoms with Gasteiger partial charge >= 0.3 is 5.97 Å². The van der Waals surface area contributed by atoms with E-state index in [2.05, 4.69) is 15.7 Å². The molecule has 0 saturated carbocycles. The van der Waals surface area contributed by atoms with E-state index in [1.165, 1.54) is 7.11 Å². The van der Waals surface area contributed by atoms with E-state index >= 15 is 0 Å². The van der Waals surface area contributed by atoms with Gasteiger partial charge in [0.25, 0.3) is 0 Å². The number of hydrogen-bond donors (Lipinski definition) is 2. The molecule has 7 nitrogen and oxygen atoms in total. The topological polar surface area (TPSA) is 85.2 Å². The molecule has 1 aromatic heterocycles. The van der Waals surface area contributed by atoms with Gasteiger partial charge in [0.05, 0.1) is 19.2 Å². The van der Waals surface area contributed by atoms with E-state index in [0.29, 0.717) is 0 Å². The third-order valence-electron chi connectivity index (χ3n) is 4.05. The average Bonchev–Trinajstić information content (AvgIpc) is 3.03. The maximum Gasteiger partial charge on any atom is 0.314 e. The minimum Gasteiger partial charge on any atom is -0.468 e. The van der Waals surface area contributed by atoms with Crippen molar-refractivity contribution in [1.82, 2.24) is 20.4 Å². The van der Waals surface area contributed by atoms with Crippen LogP contribution in [0, 0.1) is 6.92 Å². The minimum atomic E-state index is -0.555. The Labute approximate surface area is 159 Å². The summed E-state index contributed by atoms with van der Waals surface area (Å²) >= 11 is 0. The SMILES string of the molecule is CNC(C(=O)NCC(C(=O)OC)c1ccc(C)cc1)c1cnn(C)c1.Cl. The third kappa shape index (κ3) is 5.31. The molecule has 0 saturated heterocycles. The summed E-state index contributed by atoms with van der Waals surface area (Å²) in [6.07, 6.45) is 3.41. The van der Waals surface area contributed by atoms with Crippen LogP contribution < -0.4 is 10.6 Å². The maximum absolute atomic E-state index is 12.5. The predicted molar refractivity (Wildman–Crippen MR) is 101 cm³/mol. The standard InChI is InChI=1S/C18H24N4O3.ClH/c1-12-5-7-13(8-6-12)15(18(24)25-4)10-20-17(23)16(19-2)14-9-21-22(3)11-14;/h5-9,11,15-16,19H,10H2,1-4H3,(H,20,23);1H. The molecular formula is C18H25ClN4O3. The molecule has 0 aliphatic carbocycles. The number of aryl methyl sites for hydroxylation is 2. The lowest BCUT2D eigenvalue weighted by atomic mass is 9.98. The van der Waals surface area contributed by atoms with E-state index in [1.54, 1.807) is 31.2 Å². The lowest BCUT2D eigenvalue weighted by Gasteiger charge is -2.19. The molecule has 0 bridgehead atoms. The summed E-state index contributed by atoms with van der Waals surface area (Å²) in [6, 6.07) is 7.07. The molecule has 2 N–H and O–H groups in total. The van der Waals surface area contributed by atoms with Crippen LogP contribution in [0.25, 0.3) is 0 Å². The Morgan fingerprint density at radius 3 is 2.38 bits per heavy atom. The number of esters is 1. The highest BCUT2D eigenvalue weighted by Gasteiger charge is 2.25. The van der Waals surface area contributed by atoms with Gasteiger partial charge in [-0.25, -0.2) is 0 Å². The molecule has 0 aliphatic heterocycles. The van der Waals surface area contributed by atoms with E-state index in [9.17, 15) is 9.59 Å². The quantitative estimate of drug-likeness (QED) is 0.711. The molecule has 142 valence electrons. The van der Waals surface area contributed by atoms with Gasteiger partial charge in [0.1, 0.15) is 6.04 Å². The largest absolute Gasteiger partial charge is 0.468 e. The Kier molecular flexibility index (Phi) is 8.28. The second-order valence-electron chi connectivity index (χ2n) is 5.90. The van der Waals surface area contributed by atoms with Crippen LogP contribution >= 0.6 is 12.4 Å². The summed E-state index contributed by atoms with van der Waals surface area (Å²) in [5.41, 5.74) is 2.66. The van der Waals surface area contributed by atoms with Crippen LogP contribution in [0.2, 0.25) is 0 Å². The molecule has 2 aromatic rings. The number of nitrogens with one attached hydrogen (secondary N) is 2. The molecule has 8 heteroatoms. The highest BCUT2D eigenvalue weighted by molar-refractivity contribution is 5.85. The summed E-state index contributed by atoms with van der Waals surface area (Å²) in [4.78, 5) is 24.6. The molecule has 1 amide bonds. The first-order valence-corrected chi connectivity index (χ1v) is 8.04. The van der Waals surface area contributed by atoms with Gasteiger partial charge in [0.15, 0.2) is 0 Å². The maximum atomic E-state index is 12.5. The molecule has 0 radical (unpaired) electrons. The first-order chi connectivity index (χ1) is 12.0. The highest BCUT2D eigenvalue weighted by Crippen LogP contribution is 2.18. The Hall–Kier alpha value is -2.38. The first kappa shape index (κ1) is 21.7. The number of amides is 1. The number of nitrogens with zero attached hydrogens (tertiary/aromatic N) is 2. The number of carbonyl (C=O) groups excluding carboxylic acids is 2. The van der Waals surface area contributed by atoms with Gasteiger partial charge in [0.2, 0.25) is 5.91 Å². The summed E-state index contributed by atoms with van der Waals surface area (Å²) in [7, 11) is 4.84. The van der Waals surface area contributed by atoms with Gasteiger partial charge < -0.3 is 15.4 Å². The molecule has 1 heterocycles. The normalized spacial score (nSPS) is 12.6. The lowest BCUT2D eigenvalue weighted by molar-refractivity contribution is -0.142. The fraction of sp³-hybridized carbons (Fsp3) is 0.389. The molecule has 0 spiro atoms. The number of halogens is 1. The molecule has 0 aliphatic rings. The van der Waals surface area contributed by atoms with Gasteiger partial charge in [-0.3, -0.25) is 14.3 Å². The second kappa shape index (κ2) is 9.94. The zero-order valence-electron chi connectivity index (χ0n) is 15.4. The molecule has 2 rings (SSSR count). The fourth-order valence-electron chi connectivity index (χ4n) is 2.62. The third-order valence-corrected chi connectivity index (χ3v) is 4.05. The number of likely N-dealkylation sites (N-methyl/N-ethyl adjacent to an activating group) is 1. The van der Waals surface area contributed by atoms with Gasteiger partial charge in [0, 0.05) is 25.4 Å². The van der Waals surface area contributed by atoms with Crippen LogP contribution in [0.3, 0.4) is 0 Å². The molecule has 0 fully saturated rings. The number of aromatic nitrogens is 2. The molecule has 1 aromatic carbocycles. The Morgan fingerprint density at radius 2 is 1.88 bits per heavy atom. The van der Waals surface area contributed by atoms with Crippen LogP contribution in [0.5, 0.6) is 0 Å². The van der Waals surface area contributed by atoms with E-state index in [-0.39, 0.29) is 30.8 Å². The van der Waals surface area contributed by atoms with Crippen molar-refractivity contribution in [3.05, 3.63) is 53.3 Å². The number of carbonyl (C=O) groups is 2. The van der Waals surface area contributed by atoms with Crippen molar-refractivity contribution in [3.8, 4) is 0 Å². The van der Waals surface area contributed by atoms with Gasteiger partial charge in [-0.05, 0) is 19.5 Å². The van der Waals surface area contributed by atoms with Crippen molar-refractivity contribution in [1.29, 1.82) is 0 Å². The van der Waals surface area contributed by atoms with Crippen LogP contribution in [0.4, 0.5) is 0 Å². The van der Waals surface area contributed by atoms with E-state index < -0.39 is 12.0 Å². The molecule has 26 heavy (non-hydrogen) atoms. The average molecular weight is 381 g/mol. The van der Waals surface area contributed by atoms with E-state index in [1.807, 2.05) is 31.2 Å². The zero-order valence-corrected chi connectivity index (χ0v) is 16.2. The van der Waals surface area contributed by atoms with Crippen molar-refractivity contribution in [2.75, 3.05) is 20.7 Å². The summed E-state index contributed by atoms with van der Waals surface area (Å²) in [5, 5.41) is 9.88. The minimum absolute atomic E-state index is 0. The predicted octanol–water partition coefficient (Wildman–Crippen LogP) is 1.48. The van der Waals surface area contributed by atoms with Gasteiger partial charge in [-0.2, -0.15) is 5.10 Å². The van der Waals surface area contributed by atoms with Crippen LogP contribution in [0.1, 0.15) is 28.7 Å². The summed E-state index contributed by atoms with van der Waals surface area (Å²) in [5.74, 6) is -1.16. The highest BCUT2D eigenvalue weighted by atomic mass is 35.5. The summed E-state index contributed by atoms with van der Waals surface area (Å²) < 4.78 is 6.52. The molecule has 2 unspecified atom stereocenters. The van der Waals surface area contributed by atoms with Crippen LogP contribution in [-0.2, 0) is 21.4 Å². The smallest absolute Gasteiger partial charge is 0.314 e. The number of rotatable bonds is 7. The zero-order chi connectivity index (χ0) is 18.4. The summed E-state index contributed by atoms with van der Waals surface area (Å²) in [6.45, 7) is 2.14. The Morgan fingerprint density at radius 1 is 1.23 bits per heavy atom. The van der Waals surface area contributed by atoms with Crippen molar-refractivity contribution in [2.24, 2.45) is 7.05 Å². The van der Waals surface area contributed by atoms with Crippen LogP contribution in [0.15, 0.2) is 36.7 Å². The number of hydrogen-bond acceptors (Lipinski definition) is 5. The van der Waals surface area contributed by atoms with Crippen LogP contribution in [-0.4, -0.2) is 42.4 Å². The lowest BCUT2D eigenvalue weighted by Crippen LogP contribution is -2.39.